The molecule has 2 heterocycles. The summed E-state index contributed by atoms with van der Waals surface area (Å²) in [6, 6.07) is 7.08. The van der Waals surface area contributed by atoms with Gasteiger partial charge in [-0.05, 0) is 157 Å². The first-order valence-corrected chi connectivity index (χ1v) is 20.5. The summed E-state index contributed by atoms with van der Waals surface area (Å²) >= 11 is 3.37. The molecular weight excluding hydrogens is 721 g/mol. The van der Waals surface area contributed by atoms with Gasteiger partial charge < -0.3 is 28.4 Å². The third-order valence-corrected chi connectivity index (χ3v) is 11.3. The number of carbonyl (C=O) groups is 2. The molecule has 0 radical (unpaired) electrons. The van der Waals surface area contributed by atoms with Crippen LogP contribution in [-0.4, -0.2) is 48.6 Å². The van der Waals surface area contributed by atoms with E-state index < -0.39 is 11.9 Å². The minimum absolute atomic E-state index is 0.152. The Hall–Kier alpha value is -4.02. The van der Waals surface area contributed by atoms with E-state index in [1.165, 1.54) is 0 Å². The molecule has 0 spiro atoms. The Morgan fingerprint density at radius 3 is 0.870 bits per heavy atom. The molecule has 0 aliphatic carbocycles. The molecule has 10 heteroatoms. The predicted molar refractivity (Wildman–Crippen MR) is 222 cm³/mol. The highest BCUT2D eigenvalue weighted by Crippen LogP contribution is 2.54. The number of benzene rings is 2. The lowest BCUT2D eigenvalue weighted by atomic mass is 10.00. The Balaban J connectivity index is 1.99. The minimum Gasteiger partial charge on any atom is -0.490 e. The largest absolute Gasteiger partial charge is 0.490 e. The van der Waals surface area contributed by atoms with Crippen molar-refractivity contribution in [2.45, 2.75) is 147 Å². The highest BCUT2D eigenvalue weighted by atomic mass is 32.1. The Bertz CT molecular complexity index is 1770. The SMILES string of the molecule is Cc1c(-c2sc(-c3c(OC(C)C)cc(C(=O)OC(C)C)cc3OC(C)C)c(C)c2C)sc(-c2c(OC(C)C)cc(C(=O)OC(C)C)cc2OC(C)C)c1C. The van der Waals surface area contributed by atoms with E-state index in [2.05, 4.69) is 27.7 Å². The van der Waals surface area contributed by atoms with E-state index in [1.807, 2.05) is 83.1 Å². The van der Waals surface area contributed by atoms with E-state index in [4.69, 9.17) is 28.4 Å². The van der Waals surface area contributed by atoms with Gasteiger partial charge in [0.25, 0.3) is 0 Å². The van der Waals surface area contributed by atoms with Gasteiger partial charge in [-0.3, -0.25) is 0 Å². The number of hydrogen-bond acceptors (Lipinski definition) is 10. The van der Waals surface area contributed by atoms with Gasteiger partial charge in [0.1, 0.15) is 23.0 Å². The van der Waals surface area contributed by atoms with Crippen LogP contribution in [0.15, 0.2) is 24.3 Å². The first-order valence-electron chi connectivity index (χ1n) is 18.9. The van der Waals surface area contributed by atoms with Crippen LogP contribution in [0.1, 0.15) is 126 Å². The maximum absolute atomic E-state index is 13.2. The molecular formula is C44H58O8S2. The van der Waals surface area contributed by atoms with Crippen molar-refractivity contribution in [3.8, 4) is 53.6 Å². The average Bonchev–Trinajstić information content (AvgIpc) is 3.48. The lowest BCUT2D eigenvalue weighted by Gasteiger charge is -2.21. The van der Waals surface area contributed by atoms with Crippen LogP contribution in [0, 0.1) is 27.7 Å². The molecule has 0 saturated carbocycles. The fraction of sp³-hybridized carbons (Fsp3) is 0.500. The molecule has 0 unspecified atom stereocenters. The van der Waals surface area contributed by atoms with Gasteiger partial charge in [-0.1, -0.05) is 0 Å². The number of esters is 2. The molecule has 0 fully saturated rings. The van der Waals surface area contributed by atoms with Crippen LogP contribution < -0.4 is 18.9 Å². The zero-order valence-electron chi connectivity index (χ0n) is 34.9. The quantitative estimate of drug-likeness (QED) is 0.110. The summed E-state index contributed by atoms with van der Waals surface area (Å²) in [4.78, 5) is 30.6. The second-order valence-corrected chi connectivity index (χ2v) is 17.3. The van der Waals surface area contributed by atoms with Gasteiger partial charge in [0.15, 0.2) is 0 Å². The minimum atomic E-state index is -0.428. The summed E-state index contributed by atoms with van der Waals surface area (Å²) in [6.45, 7) is 31.6. The van der Waals surface area contributed by atoms with Gasteiger partial charge in [0, 0.05) is 19.5 Å². The van der Waals surface area contributed by atoms with E-state index in [-0.39, 0.29) is 36.6 Å². The zero-order chi connectivity index (χ0) is 40.3. The third-order valence-electron chi connectivity index (χ3n) is 8.30. The fourth-order valence-corrected chi connectivity index (χ4v) is 8.90. The average molecular weight is 779 g/mol. The van der Waals surface area contributed by atoms with Gasteiger partial charge in [-0.15, -0.1) is 22.7 Å². The van der Waals surface area contributed by atoms with Crippen molar-refractivity contribution in [1.82, 2.24) is 0 Å². The van der Waals surface area contributed by atoms with Crippen molar-refractivity contribution in [2.24, 2.45) is 0 Å². The molecule has 0 amide bonds. The van der Waals surface area contributed by atoms with E-state index in [9.17, 15) is 9.59 Å². The molecule has 0 N–H and O–H groups in total. The highest BCUT2D eigenvalue weighted by Gasteiger charge is 2.30. The lowest BCUT2D eigenvalue weighted by molar-refractivity contribution is 0.0366. The Morgan fingerprint density at radius 1 is 0.407 bits per heavy atom. The summed E-state index contributed by atoms with van der Waals surface area (Å²) < 4.78 is 36.9. The van der Waals surface area contributed by atoms with Gasteiger partial charge >= 0.3 is 11.9 Å². The first-order chi connectivity index (χ1) is 25.2. The van der Waals surface area contributed by atoms with Crippen molar-refractivity contribution in [3.05, 3.63) is 57.6 Å². The van der Waals surface area contributed by atoms with Crippen LogP contribution in [0.3, 0.4) is 0 Å². The summed E-state index contributed by atoms with van der Waals surface area (Å²) in [5.41, 5.74) is 6.86. The van der Waals surface area contributed by atoms with E-state index >= 15 is 0 Å². The van der Waals surface area contributed by atoms with Gasteiger partial charge in [0.05, 0.1) is 58.9 Å². The second-order valence-electron chi connectivity index (χ2n) is 15.3. The van der Waals surface area contributed by atoms with E-state index in [0.29, 0.717) is 34.1 Å². The molecule has 0 atom stereocenters. The van der Waals surface area contributed by atoms with Gasteiger partial charge in [-0.25, -0.2) is 9.59 Å². The van der Waals surface area contributed by atoms with Crippen molar-refractivity contribution in [2.75, 3.05) is 0 Å². The number of hydrogen-bond donors (Lipinski definition) is 0. The Kier molecular flexibility index (Phi) is 13.9. The molecule has 8 nitrogen and oxygen atoms in total. The molecule has 4 aromatic rings. The number of rotatable bonds is 15. The topological polar surface area (TPSA) is 89.5 Å². The van der Waals surface area contributed by atoms with Gasteiger partial charge in [0.2, 0.25) is 0 Å². The van der Waals surface area contributed by atoms with Crippen LogP contribution in [-0.2, 0) is 9.47 Å². The van der Waals surface area contributed by atoms with Crippen molar-refractivity contribution in [3.63, 3.8) is 0 Å². The standard InChI is InChI=1S/C44H58O8S2/c1-21(2)47-33-17-31(43(45)51-25(9)10)18-34(48-22(3)4)37(33)39-27(13)29(15)41(53-39)42-30(16)28(14)40(54-42)38-35(49-23(5)6)19-32(44(46)52-26(11)12)20-36(38)50-24(7)8/h17-26H,1-16H3. The molecule has 2 aromatic heterocycles. The Labute approximate surface area is 330 Å². The Morgan fingerprint density at radius 2 is 0.648 bits per heavy atom. The van der Waals surface area contributed by atoms with Crippen LogP contribution in [0.25, 0.3) is 30.6 Å². The smallest absolute Gasteiger partial charge is 0.338 e. The summed E-state index contributed by atoms with van der Waals surface area (Å²) in [6.07, 6.45) is -1.15. The number of thiophene rings is 2. The lowest BCUT2D eigenvalue weighted by Crippen LogP contribution is -2.15. The fourth-order valence-electron chi connectivity index (χ4n) is 5.92. The van der Waals surface area contributed by atoms with Crippen molar-refractivity contribution in [1.29, 1.82) is 0 Å². The predicted octanol–water partition coefficient (Wildman–Crippen LogP) is 12.3. The van der Waals surface area contributed by atoms with Crippen LogP contribution in [0.5, 0.6) is 23.0 Å². The molecule has 0 aliphatic rings. The highest BCUT2D eigenvalue weighted by molar-refractivity contribution is 7.25. The number of carbonyl (C=O) groups excluding carboxylic acids is 2. The van der Waals surface area contributed by atoms with E-state index in [0.717, 1.165) is 52.9 Å². The molecule has 0 saturated heterocycles. The summed E-state index contributed by atoms with van der Waals surface area (Å²) in [5, 5.41) is 0. The molecule has 2 aromatic carbocycles. The second kappa shape index (κ2) is 17.6. The van der Waals surface area contributed by atoms with Crippen LogP contribution >= 0.6 is 22.7 Å². The monoisotopic (exact) mass is 778 g/mol. The van der Waals surface area contributed by atoms with Crippen LogP contribution in [0.2, 0.25) is 0 Å². The summed E-state index contributed by atoms with van der Waals surface area (Å²) in [5.74, 6) is 1.41. The normalized spacial score (nSPS) is 11.7. The maximum Gasteiger partial charge on any atom is 0.338 e. The molecule has 0 bridgehead atoms. The van der Waals surface area contributed by atoms with Crippen molar-refractivity contribution >= 4 is 34.6 Å². The third kappa shape index (κ3) is 9.79. The van der Waals surface area contributed by atoms with Crippen molar-refractivity contribution < 1.29 is 38.0 Å². The molecule has 54 heavy (non-hydrogen) atoms. The summed E-state index contributed by atoms with van der Waals surface area (Å²) in [7, 11) is 0. The van der Waals surface area contributed by atoms with Crippen LogP contribution in [0.4, 0.5) is 0 Å². The van der Waals surface area contributed by atoms with E-state index in [1.54, 1.807) is 46.9 Å². The van der Waals surface area contributed by atoms with Gasteiger partial charge in [-0.2, -0.15) is 0 Å². The number of ether oxygens (including phenoxy) is 6. The molecule has 4 rings (SSSR count). The maximum atomic E-state index is 13.2. The molecule has 294 valence electrons. The zero-order valence-corrected chi connectivity index (χ0v) is 36.5. The first kappa shape index (κ1) is 42.7. The molecule has 0 aliphatic heterocycles.